The molecule has 1 fully saturated rings. The first kappa shape index (κ1) is 48.1. The zero-order chi connectivity index (χ0) is 45.8. The second kappa shape index (κ2) is 21.9. The number of hydrogen-bond donors (Lipinski definition) is 4. The van der Waals surface area contributed by atoms with Crippen LogP contribution in [0.5, 0.6) is 0 Å². The summed E-state index contributed by atoms with van der Waals surface area (Å²) in [6.45, 7) is 5.76. The summed E-state index contributed by atoms with van der Waals surface area (Å²) in [4.78, 5) is 51.2. The summed E-state index contributed by atoms with van der Waals surface area (Å²) in [6, 6.07) is 23.7. The van der Waals surface area contributed by atoms with Gasteiger partial charge in [-0.2, -0.15) is 13.2 Å². The summed E-state index contributed by atoms with van der Waals surface area (Å²) in [6.07, 6.45) is -3.08. The molecule has 6 rings (SSSR count). The van der Waals surface area contributed by atoms with Gasteiger partial charge in [-0.05, 0) is 123 Å². The maximum atomic E-state index is 14.6. The predicted octanol–water partition coefficient (Wildman–Crippen LogP) is 7.10. The van der Waals surface area contributed by atoms with E-state index in [2.05, 4.69) is 4.90 Å². The molecule has 2 unspecified atom stereocenters. The number of pyridine rings is 1. The highest BCUT2D eigenvalue weighted by Crippen LogP contribution is 2.31. The minimum atomic E-state index is -4.41. The van der Waals surface area contributed by atoms with Gasteiger partial charge in [0.1, 0.15) is 6.54 Å². The molecule has 63 heavy (non-hydrogen) atoms. The first-order valence-electron chi connectivity index (χ1n) is 20.6. The molecule has 1 aromatic heterocycles. The number of aliphatic hydroxyl groups excluding tert-OH is 2. The first-order chi connectivity index (χ1) is 30.0. The lowest BCUT2D eigenvalue weighted by Gasteiger charge is -2.26. The molecule has 0 radical (unpaired) electrons. The van der Waals surface area contributed by atoms with Crippen LogP contribution in [-0.4, -0.2) is 91.0 Å². The van der Waals surface area contributed by atoms with Crippen molar-refractivity contribution in [2.45, 2.75) is 83.3 Å². The number of aromatic nitrogens is 1. The van der Waals surface area contributed by atoms with Gasteiger partial charge in [-0.25, -0.2) is 18.4 Å². The van der Waals surface area contributed by atoms with Gasteiger partial charge in [-0.3, -0.25) is 9.59 Å². The van der Waals surface area contributed by atoms with Crippen molar-refractivity contribution in [1.82, 2.24) is 14.4 Å². The van der Waals surface area contributed by atoms with Gasteiger partial charge in [0.25, 0.3) is 0 Å². The lowest BCUT2D eigenvalue weighted by Crippen LogP contribution is -2.39. The van der Waals surface area contributed by atoms with Crippen LogP contribution in [0.2, 0.25) is 0 Å². The Morgan fingerprint density at radius 2 is 1.37 bits per heavy atom. The molecule has 336 valence electrons. The number of alkyl halides is 3. The Morgan fingerprint density at radius 1 is 0.762 bits per heavy atom. The number of carboxylic acids is 2. The van der Waals surface area contributed by atoms with E-state index in [1.54, 1.807) is 4.90 Å². The number of aliphatic carboxylic acids is 2. The molecular weight excluding hydrogens is 830 g/mol. The Hall–Kier alpha value is -5.97. The lowest BCUT2D eigenvalue weighted by molar-refractivity contribution is -0.165. The van der Waals surface area contributed by atoms with Crippen LogP contribution in [0, 0.1) is 11.6 Å². The van der Waals surface area contributed by atoms with Crippen LogP contribution in [0.15, 0.2) is 95.8 Å². The quantitative estimate of drug-likeness (QED) is 0.0759. The lowest BCUT2D eigenvalue weighted by atomic mass is 10.0. The van der Waals surface area contributed by atoms with Crippen molar-refractivity contribution in [3.8, 4) is 11.1 Å². The molecule has 0 bridgehead atoms. The van der Waals surface area contributed by atoms with Gasteiger partial charge in [0.05, 0.1) is 11.1 Å². The van der Waals surface area contributed by atoms with Gasteiger partial charge in [0.15, 0.2) is 29.3 Å². The maximum absolute atomic E-state index is 14.6. The van der Waals surface area contributed by atoms with E-state index >= 15 is 0 Å². The number of halogens is 5. The molecule has 1 aliphatic rings. The molecule has 1 aliphatic heterocycles. The first-order valence-corrected chi connectivity index (χ1v) is 20.6. The second-order valence-corrected chi connectivity index (χ2v) is 15.4. The Bertz CT molecular complexity index is 2400. The van der Waals surface area contributed by atoms with Crippen molar-refractivity contribution in [3.63, 3.8) is 0 Å². The average molecular weight is 880 g/mol. The summed E-state index contributed by atoms with van der Waals surface area (Å²) in [5, 5.41) is 33.0. The summed E-state index contributed by atoms with van der Waals surface area (Å²) in [7, 11) is 0. The van der Waals surface area contributed by atoms with E-state index in [9.17, 15) is 41.1 Å². The Morgan fingerprint density at radius 3 is 1.95 bits per heavy atom. The standard InChI is InChI=1S/C43H44F5N3O2.C4H6O6/c1-2-50(28-31-11-14-32(15-12-31)33-16-19-35(20-17-33)43(46,47)48)41(53)29-51-36(21-18-34-9-6-10-38(44)42(34)45)27-40(52)37-22-13-30(26-39(37)51)8-7-25-49-23-4-3-5-24-49;5-1(3(7)8)2(6)4(9)10/h6,9-17,19-20,22,26-27H,2-5,7-8,18,21,23-25,28-29H2,1H3;1-2,5-6H,(H,7,8)(H,9,10). The summed E-state index contributed by atoms with van der Waals surface area (Å²) < 4.78 is 69.6. The minimum Gasteiger partial charge on any atom is -0.479 e. The molecule has 0 aliphatic carbocycles. The molecule has 2 heterocycles. The highest BCUT2D eigenvalue weighted by Gasteiger charge is 2.30. The Kier molecular flexibility index (Phi) is 16.7. The third-order valence-electron chi connectivity index (χ3n) is 11.0. The molecule has 0 spiro atoms. The average Bonchev–Trinajstić information content (AvgIpc) is 3.27. The topological polar surface area (TPSA) is 161 Å². The van der Waals surface area contributed by atoms with Gasteiger partial charge in [-0.1, -0.05) is 61.0 Å². The molecule has 4 N–H and O–H groups in total. The van der Waals surface area contributed by atoms with Crippen LogP contribution in [0.4, 0.5) is 22.0 Å². The van der Waals surface area contributed by atoms with E-state index in [-0.39, 0.29) is 36.3 Å². The van der Waals surface area contributed by atoms with E-state index in [0.29, 0.717) is 35.2 Å². The summed E-state index contributed by atoms with van der Waals surface area (Å²) >= 11 is 0. The number of piperidine rings is 1. The van der Waals surface area contributed by atoms with E-state index < -0.39 is 47.5 Å². The van der Waals surface area contributed by atoms with Crippen molar-refractivity contribution < 1.29 is 56.8 Å². The number of aryl methyl sites for hydroxylation is 3. The number of hydrogen-bond acceptors (Lipinski definition) is 7. The zero-order valence-corrected chi connectivity index (χ0v) is 34.7. The zero-order valence-electron chi connectivity index (χ0n) is 34.7. The van der Waals surface area contributed by atoms with Gasteiger partial charge >= 0.3 is 18.1 Å². The monoisotopic (exact) mass is 879 g/mol. The molecular formula is C47H50F5N3O8. The van der Waals surface area contributed by atoms with E-state index in [1.165, 1.54) is 49.6 Å². The number of benzene rings is 4. The number of likely N-dealkylation sites (N-methyl/N-ethyl adjacent to an activating group) is 1. The number of likely N-dealkylation sites (tertiary alicyclic amines) is 1. The van der Waals surface area contributed by atoms with Crippen LogP contribution in [-0.2, 0) is 52.9 Å². The Labute approximate surface area is 360 Å². The third kappa shape index (κ3) is 13.0. The fraction of sp³-hybridized carbons (Fsp3) is 0.362. The van der Waals surface area contributed by atoms with Crippen molar-refractivity contribution in [2.24, 2.45) is 0 Å². The third-order valence-corrected chi connectivity index (χ3v) is 11.0. The molecule has 0 saturated carbocycles. The van der Waals surface area contributed by atoms with Gasteiger partial charge in [0.2, 0.25) is 5.91 Å². The van der Waals surface area contributed by atoms with Crippen molar-refractivity contribution in [2.75, 3.05) is 26.2 Å². The van der Waals surface area contributed by atoms with Gasteiger partial charge < -0.3 is 34.8 Å². The van der Waals surface area contributed by atoms with Crippen LogP contribution in [0.25, 0.3) is 22.0 Å². The normalized spacial score (nSPS) is 14.1. The van der Waals surface area contributed by atoms with Crippen molar-refractivity contribution >= 4 is 28.7 Å². The molecule has 11 nitrogen and oxygen atoms in total. The van der Waals surface area contributed by atoms with Gasteiger partial charge in [0, 0.05) is 30.2 Å². The van der Waals surface area contributed by atoms with Crippen LogP contribution in [0.3, 0.4) is 0 Å². The highest BCUT2D eigenvalue weighted by atomic mass is 19.4. The van der Waals surface area contributed by atoms with Crippen LogP contribution >= 0.6 is 0 Å². The predicted molar refractivity (Wildman–Crippen MR) is 226 cm³/mol. The van der Waals surface area contributed by atoms with E-state index in [1.807, 2.05) is 54.0 Å². The van der Waals surface area contributed by atoms with Crippen LogP contribution < -0.4 is 5.43 Å². The molecule has 4 aromatic carbocycles. The number of nitrogens with zero attached hydrogens (tertiary/aromatic N) is 3. The molecule has 1 amide bonds. The molecule has 16 heteroatoms. The fourth-order valence-corrected chi connectivity index (χ4v) is 7.47. The maximum Gasteiger partial charge on any atom is 0.416 e. The van der Waals surface area contributed by atoms with Gasteiger partial charge in [-0.15, -0.1) is 0 Å². The number of carbonyl (C=O) groups is 3. The number of fused-ring (bicyclic) bond motifs is 1. The number of rotatable bonds is 16. The minimum absolute atomic E-state index is 0.0630. The Balaban J connectivity index is 0.000000667. The van der Waals surface area contributed by atoms with Crippen molar-refractivity contribution in [3.05, 3.63) is 141 Å². The number of carbonyl (C=O) groups excluding carboxylic acids is 1. The van der Waals surface area contributed by atoms with Crippen molar-refractivity contribution in [1.29, 1.82) is 0 Å². The number of carboxylic acid groups (broad SMARTS) is 2. The second-order valence-electron chi connectivity index (χ2n) is 15.4. The largest absolute Gasteiger partial charge is 0.479 e. The number of amides is 1. The summed E-state index contributed by atoms with van der Waals surface area (Å²) in [5.41, 5.74) is 3.78. The smallest absolute Gasteiger partial charge is 0.416 e. The molecule has 5 aromatic rings. The van der Waals surface area contributed by atoms with E-state index in [0.717, 1.165) is 67.4 Å². The molecule has 1 saturated heterocycles. The highest BCUT2D eigenvalue weighted by molar-refractivity contribution is 5.84. The summed E-state index contributed by atoms with van der Waals surface area (Å²) in [5.74, 6) is -5.58. The molecule has 2 atom stereocenters. The number of aliphatic hydroxyl groups is 2. The van der Waals surface area contributed by atoms with E-state index in [4.69, 9.17) is 20.4 Å². The fourth-order valence-electron chi connectivity index (χ4n) is 7.47. The van der Waals surface area contributed by atoms with Crippen LogP contribution in [0.1, 0.15) is 60.6 Å². The SMILES string of the molecule is CCN(Cc1ccc(-c2ccc(C(F)(F)F)cc2)cc1)C(=O)Cn1c(CCc2cccc(F)c2F)cc(=O)c2ccc(CCCN3CCCCC3)cc21.O=C(O)C(O)C(O)C(=O)O.